The Kier molecular flexibility index (Phi) is 5.78. The second-order valence-electron chi connectivity index (χ2n) is 5.62. The van der Waals surface area contributed by atoms with E-state index in [9.17, 15) is 14.4 Å². The number of hydrogen-bond donors (Lipinski definition) is 1. The number of hydrogen-bond acceptors (Lipinski definition) is 4. The number of carbonyl (C=O) groups excluding carboxylic acids is 3. The van der Waals surface area contributed by atoms with Crippen molar-refractivity contribution in [1.29, 1.82) is 0 Å². The molecule has 0 unspecified atom stereocenters. The Labute approximate surface area is 141 Å². The van der Waals surface area contributed by atoms with E-state index < -0.39 is 0 Å². The molecule has 130 valence electrons. The maximum atomic E-state index is 12.8. The molecule has 7 nitrogen and oxygen atoms in total. The maximum absolute atomic E-state index is 12.8. The third-order valence-electron chi connectivity index (χ3n) is 3.97. The van der Waals surface area contributed by atoms with E-state index in [1.165, 1.54) is 14.0 Å². The molecule has 0 radical (unpaired) electrons. The van der Waals surface area contributed by atoms with E-state index in [0.717, 1.165) is 0 Å². The van der Waals surface area contributed by atoms with Crippen LogP contribution in [0.25, 0.3) is 0 Å². The molecule has 0 spiro atoms. The molecule has 1 aromatic carbocycles. The van der Waals surface area contributed by atoms with Crippen molar-refractivity contribution >= 4 is 23.4 Å². The van der Waals surface area contributed by atoms with Crippen molar-refractivity contribution in [3.63, 3.8) is 0 Å². The number of carbonyl (C=O) groups is 3. The van der Waals surface area contributed by atoms with Gasteiger partial charge in [0.15, 0.2) is 0 Å². The Bertz CT molecular complexity index is 637. The molecule has 7 heteroatoms. The third kappa shape index (κ3) is 4.04. The third-order valence-corrected chi connectivity index (χ3v) is 3.97. The van der Waals surface area contributed by atoms with Gasteiger partial charge in [-0.25, -0.2) is 0 Å². The van der Waals surface area contributed by atoms with E-state index in [1.54, 1.807) is 28.0 Å². The zero-order valence-corrected chi connectivity index (χ0v) is 14.3. The topological polar surface area (TPSA) is 79.0 Å². The highest BCUT2D eigenvalue weighted by molar-refractivity contribution is 5.99. The molecule has 2 rings (SSSR count). The fraction of sp³-hybridized carbons (Fsp3) is 0.471. The van der Waals surface area contributed by atoms with Crippen LogP contribution < -0.4 is 10.1 Å². The lowest BCUT2D eigenvalue weighted by molar-refractivity contribution is -0.132. The van der Waals surface area contributed by atoms with Crippen molar-refractivity contribution in [3.05, 3.63) is 23.8 Å². The Morgan fingerprint density at radius 3 is 2.29 bits per heavy atom. The minimum Gasteiger partial charge on any atom is -0.496 e. The minimum absolute atomic E-state index is 0.104. The van der Waals surface area contributed by atoms with Crippen LogP contribution in [-0.2, 0) is 9.59 Å². The lowest BCUT2D eigenvalue weighted by Gasteiger charge is -2.35. The summed E-state index contributed by atoms with van der Waals surface area (Å²) in [4.78, 5) is 39.2. The van der Waals surface area contributed by atoms with Crippen LogP contribution in [0, 0.1) is 0 Å². The highest BCUT2D eigenvalue weighted by atomic mass is 16.5. The zero-order valence-electron chi connectivity index (χ0n) is 14.3. The average Bonchev–Trinajstić information content (AvgIpc) is 2.60. The number of nitrogens with one attached hydrogen (secondary N) is 1. The Hall–Kier alpha value is -2.57. The number of nitrogens with zero attached hydrogens (tertiary/aromatic N) is 2. The predicted octanol–water partition coefficient (Wildman–Crippen LogP) is 1.35. The molecule has 0 saturated carbocycles. The number of benzene rings is 1. The molecule has 1 N–H and O–H groups in total. The van der Waals surface area contributed by atoms with Crippen LogP contribution in [0.3, 0.4) is 0 Å². The van der Waals surface area contributed by atoms with Gasteiger partial charge in [0.25, 0.3) is 5.91 Å². The lowest BCUT2D eigenvalue weighted by atomic mass is 10.1. The molecule has 3 amide bonds. The van der Waals surface area contributed by atoms with Crippen LogP contribution in [0.2, 0.25) is 0 Å². The second kappa shape index (κ2) is 7.81. The van der Waals surface area contributed by atoms with E-state index in [0.29, 0.717) is 49.6 Å². The van der Waals surface area contributed by atoms with Gasteiger partial charge in [-0.1, -0.05) is 6.92 Å². The summed E-state index contributed by atoms with van der Waals surface area (Å²) in [6.45, 7) is 5.28. The minimum atomic E-state index is -0.203. The summed E-state index contributed by atoms with van der Waals surface area (Å²) >= 11 is 0. The van der Waals surface area contributed by atoms with Gasteiger partial charge >= 0.3 is 0 Å². The van der Waals surface area contributed by atoms with Gasteiger partial charge in [0.2, 0.25) is 11.8 Å². The van der Waals surface area contributed by atoms with E-state index in [4.69, 9.17) is 4.74 Å². The standard InChI is InChI=1S/C17H23N3O4/c1-4-16(22)19-7-9-20(10-8-19)17(23)14-11-13(18-12(2)21)5-6-15(14)24-3/h5-6,11H,4,7-10H2,1-3H3,(H,18,21). The van der Waals surface area contributed by atoms with E-state index >= 15 is 0 Å². The summed E-state index contributed by atoms with van der Waals surface area (Å²) in [5, 5.41) is 2.67. The SMILES string of the molecule is CCC(=O)N1CCN(C(=O)c2cc(NC(C)=O)ccc2OC)CC1. The lowest BCUT2D eigenvalue weighted by Crippen LogP contribution is -2.50. The van der Waals surface area contributed by atoms with Crippen molar-refractivity contribution in [2.75, 3.05) is 38.6 Å². The van der Waals surface area contributed by atoms with Gasteiger partial charge in [-0.15, -0.1) is 0 Å². The highest BCUT2D eigenvalue weighted by Gasteiger charge is 2.26. The first kappa shape index (κ1) is 17.8. The zero-order chi connectivity index (χ0) is 17.7. The Morgan fingerprint density at radius 1 is 1.12 bits per heavy atom. The predicted molar refractivity (Wildman–Crippen MR) is 90.1 cm³/mol. The monoisotopic (exact) mass is 333 g/mol. The summed E-state index contributed by atoms with van der Waals surface area (Å²) < 4.78 is 5.27. The largest absolute Gasteiger partial charge is 0.496 e. The average molecular weight is 333 g/mol. The molecule has 0 aliphatic carbocycles. The Morgan fingerprint density at radius 2 is 1.75 bits per heavy atom. The molecule has 1 aliphatic rings. The first-order valence-electron chi connectivity index (χ1n) is 7.99. The van der Waals surface area contributed by atoms with Gasteiger partial charge in [0.1, 0.15) is 5.75 Å². The van der Waals surface area contributed by atoms with Crippen LogP contribution in [0.1, 0.15) is 30.6 Å². The van der Waals surface area contributed by atoms with Crippen molar-refractivity contribution in [1.82, 2.24) is 9.80 Å². The normalized spacial score (nSPS) is 14.3. The summed E-state index contributed by atoms with van der Waals surface area (Å²) in [7, 11) is 1.50. The molecule has 1 aromatic rings. The molecule has 0 aromatic heterocycles. The van der Waals surface area contributed by atoms with Gasteiger partial charge in [-0.2, -0.15) is 0 Å². The van der Waals surface area contributed by atoms with Crippen molar-refractivity contribution in [2.45, 2.75) is 20.3 Å². The van der Waals surface area contributed by atoms with Crippen LogP contribution in [0.15, 0.2) is 18.2 Å². The van der Waals surface area contributed by atoms with Crippen molar-refractivity contribution in [3.8, 4) is 5.75 Å². The summed E-state index contributed by atoms with van der Waals surface area (Å²) in [6.07, 6.45) is 0.473. The fourth-order valence-electron chi connectivity index (χ4n) is 2.71. The quantitative estimate of drug-likeness (QED) is 0.902. The molecular weight excluding hydrogens is 310 g/mol. The summed E-state index contributed by atoms with van der Waals surface area (Å²) in [5.74, 6) is 0.196. The molecule has 1 heterocycles. The molecule has 1 aliphatic heterocycles. The number of amides is 3. The number of ether oxygens (including phenoxy) is 1. The molecular formula is C17H23N3O4. The molecule has 0 atom stereocenters. The molecule has 1 fully saturated rings. The molecule has 24 heavy (non-hydrogen) atoms. The summed E-state index contributed by atoms with van der Waals surface area (Å²) in [5.41, 5.74) is 0.950. The van der Waals surface area contributed by atoms with E-state index in [1.807, 2.05) is 6.92 Å². The van der Waals surface area contributed by atoms with Gasteiger partial charge in [0.05, 0.1) is 12.7 Å². The molecule has 0 bridgehead atoms. The smallest absolute Gasteiger partial charge is 0.257 e. The van der Waals surface area contributed by atoms with Crippen LogP contribution in [-0.4, -0.2) is 60.8 Å². The molecule has 1 saturated heterocycles. The van der Waals surface area contributed by atoms with Gasteiger partial charge in [0, 0.05) is 45.2 Å². The van der Waals surface area contributed by atoms with Crippen molar-refractivity contribution in [2.24, 2.45) is 0 Å². The number of rotatable bonds is 4. The second-order valence-corrected chi connectivity index (χ2v) is 5.62. The number of methoxy groups -OCH3 is 1. The highest BCUT2D eigenvalue weighted by Crippen LogP contribution is 2.24. The van der Waals surface area contributed by atoms with E-state index in [2.05, 4.69) is 5.32 Å². The Balaban J connectivity index is 2.14. The van der Waals surface area contributed by atoms with Crippen LogP contribution in [0.4, 0.5) is 5.69 Å². The van der Waals surface area contributed by atoms with Gasteiger partial charge in [-0.05, 0) is 18.2 Å². The first-order chi connectivity index (χ1) is 11.5. The van der Waals surface area contributed by atoms with Gasteiger partial charge in [-0.3, -0.25) is 14.4 Å². The number of piperazine rings is 1. The maximum Gasteiger partial charge on any atom is 0.257 e. The van der Waals surface area contributed by atoms with Gasteiger partial charge < -0.3 is 19.9 Å². The van der Waals surface area contributed by atoms with Crippen LogP contribution in [0.5, 0.6) is 5.75 Å². The first-order valence-corrected chi connectivity index (χ1v) is 7.99. The van der Waals surface area contributed by atoms with E-state index in [-0.39, 0.29) is 17.7 Å². The summed E-state index contributed by atoms with van der Waals surface area (Å²) in [6, 6.07) is 4.97. The number of anilines is 1. The van der Waals surface area contributed by atoms with Crippen molar-refractivity contribution < 1.29 is 19.1 Å². The fourth-order valence-corrected chi connectivity index (χ4v) is 2.71. The van der Waals surface area contributed by atoms with Crippen LogP contribution >= 0.6 is 0 Å².